The Morgan fingerprint density at radius 2 is 1.68 bits per heavy atom. The van der Waals surface area contributed by atoms with Crippen molar-refractivity contribution >= 4 is 50.6 Å². The Morgan fingerprint density at radius 1 is 1.00 bits per heavy atom. The Bertz CT molecular complexity index is 854. The molecule has 0 aliphatic heterocycles. The van der Waals surface area contributed by atoms with Gasteiger partial charge in [0, 0.05) is 17.2 Å². The quantitative estimate of drug-likeness (QED) is 0.446. The van der Waals surface area contributed by atoms with Gasteiger partial charge in [-0.25, -0.2) is 0 Å². The summed E-state index contributed by atoms with van der Waals surface area (Å²) in [7, 11) is -4.29. The van der Waals surface area contributed by atoms with Gasteiger partial charge in [0.1, 0.15) is 4.90 Å². The predicted octanol–water partition coefficient (Wildman–Crippen LogP) is 4.32. The highest BCUT2D eigenvalue weighted by molar-refractivity contribution is 7.87. The van der Waals surface area contributed by atoms with Gasteiger partial charge in [-0.3, -0.25) is 10.1 Å². The Kier molecular flexibility index (Phi) is 4.81. The van der Waals surface area contributed by atoms with Crippen LogP contribution in [0.5, 0.6) is 5.75 Å². The minimum Gasteiger partial charge on any atom is -0.377 e. The van der Waals surface area contributed by atoms with Crippen LogP contribution in [0.3, 0.4) is 0 Å². The van der Waals surface area contributed by atoms with Crippen LogP contribution in [0.1, 0.15) is 0 Å². The summed E-state index contributed by atoms with van der Waals surface area (Å²) in [5.74, 6) is -0.261. The summed E-state index contributed by atoms with van der Waals surface area (Å²) in [6.45, 7) is 0. The monoisotopic (exact) mass is 381 g/mol. The van der Waals surface area contributed by atoms with Gasteiger partial charge in [0.05, 0.1) is 15.0 Å². The Labute approximate surface area is 140 Å². The number of halogens is 3. The van der Waals surface area contributed by atoms with Gasteiger partial charge in [0.15, 0.2) is 5.75 Å². The third-order valence-corrected chi connectivity index (χ3v) is 4.74. The van der Waals surface area contributed by atoms with Crippen molar-refractivity contribution in [2.75, 3.05) is 0 Å². The van der Waals surface area contributed by atoms with Gasteiger partial charge in [-0.1, -0.05) is 34.8 Å². The second-order valence-corrected chi connectivity index (χ2v) is 6.75. The molecule has 0 aromatic heterocycles. The number of hydrogen-bond acceptors (Lipinski definition) is 5. The molecule has 0 atom stereocenters. The molecule has 0 heterocycles. The zero-order valence-electron chi connectivity index (χ0n) is 10.5. The van der Waals surface area contributed by atoms with Crippen molar-refractivity contribution in [3.05, 3.63) is 61.6 Å². The standard InChI is InChI=1S/C12H6Cl3NO5S/c13-7-1-3-9(14)12(5-7)22(19,20)21-11-4-2-8(16(17)18)6-10(11)15/h1-6H. The van der Waals surface area contributed by atoms with Gasteiger partial charge in [0.25, 0.3) is 5.69 Å². The first-order valence-electron chi connectivity index (χ1n) is 5.54. The first-order chi connectivity index (χ1) is 10.2. The molecule has 0 aliphatic rings. The molecule has 0 spiro atoms. The van der Waals surface area contributed by atoms with Crippen molar-refractivity contribution < 1.29 is 17.5 Å². The number of nitro groups is 1. The van der Waals surface area contributed by atoms with Crippen molar-refractivity contribution in [2.24, 2.45) is 0 Å². The zero-order valence-corrected chi connectivity index (χ0v) is 13.6. The van der Waals surface area contributed by atoms with Crippen molar-refractivity contribution in [3.8, 4) is 5.75 Å². The van der Waals surface area contributed by atoms with E-state index in [-0.39, 0.29) is 31.4 Å². The molecule has 0 N–H and O–H groups in total. The lowest BCUT2D eigenvalue weighted by molar-refractivity contribution is -0.384. The maximum atomic E-state index is 12.2. The lowest BCUT2D eigenvalue weighted by atomic mass is 10.3. The molecule has 0 saturated carbocycles. The highest BCUT2D eigenvalue weighted by Crippen LogP contribution is 2.33. The summed E-state index contributed by atoms with van der Waals surface area (Å²) in [6.07, 6.45) is 0. The Balaban J connectivity index is 2.41. The smallest absolute Gasteiger partial charge is 0.340 e. The average Bonchev–Trinajstić information content (AvgIpc) is 2.43. The summed E-state index contributed by atoms with van der Waals surface area (Å²) in [5.41, 5.74) is -0.296. The third kappa shape index (κ3) is 3.61. The van der Waals surface area contributed by atoms with Crippen molar-refractivity contribution in [1.29, 1.82) is 0 Å². The second-order valence-electron chi connectivity index (χ2n) is 3.98. The normalized spacial score (nSPS) is 11.2. The summed E-state index contributed by atoms with van der Waals surface area (Å²) in [6, 6.07) is 6.97. The summed E-state index contributed by atoms with van der Waals surface area (Å²) in [4.78, 5) is 9.60. The number of nitro benzene ring substituents is 1. The Hall–Kier alpha value is -1.54. The fourth-order valence-corrected chi connectivity index (χ4v) is 3.45. The minimum atomic E-state index is -4.29. The number of rotatable bonds is 4. The highest BCUT2D eigenvalue weighted by atomic mass is 35.5. The molecule has 0 amide bonds. The van der Waals surface area contributed by atoms with Crippen LogP contribution in [0.15, 0.2) is 41.3 Å². The number of benzene rings is 2. The molecule has 2 aromatic carbocycles. The molecule has 22 heavy (non-hydrogen) atoms. The molecule has 0 radical (unpaired) electrons. The zero-order chi connectivity index (χ0) is 16.5. The molecule has 6 nitrogen and oxygen atoms in total. The van der Waals surface area contributed by atoms with Crippen molar-refractivity contribution in [3.63, 3.8) is 0 Å². The fourth-order valence-electron chi connectivity index (χ4n) is 1.50. The largest absolute Gasteiger partial charge is 0.377 e. The van der Waals surface area contributed by atoms with Crippen molar-refractivity contribution in [1.82, 2.24) is 0 Å². The number of nitrogens with zero attached hydrogens (tertiary/aromatic N) is 1. The van der Waals surface area contributed by atoms with Gasteiger partial charge in [-0.05, 0) is 24.3 Å². The van der Waals surface area contributed by atoms with Crippen LogP contribution in [0.25, 0.3) is 0 Å². The molecule has 2 rings (SSSR count). The lowest BCUT2D eigenvalue weighted by Gasteiger charge is -2.09. The second kappa shape index (κ2) is 6.29. The van der Waals surface area contributed by atoms with E-state index in [9.17, 15) is 18.5 Å². The molecule has 0 bridgehead atoms. The average molecular weight is 383 g/mol. The minimum absolute atomic E-state index is 0.0811. The highest BCUT2D eigenvalue weighted by Gasteiger charge is 2.23. The van der Waals surface area contributed by atoms with Gasteiger partial charge in [-0.2, -0.15) is 8.42 Å². The van der Waals surface area contributed by atoms with E-state index in [0.717, 1.165) is 24.3 Å². The fraction of sp³-hybridized carbons (Fsp3) is 0. The lowest BCUT2D eigenvalue weighted by Crippen LogP contribution is -2.10. The van der Waals surface area contributed by atoms with Gasteiger partial charge in [0.2, 0.25) is 0 Å². The van der Waals surface area contributed by atoms with Gasteiger partial charge >= 0.3 is 10.1 Å². The molecule has 0 unspecified atom stereocenters. The topological polar surface area (TPSA) is 86.5 Å². The Morgan fingerprint density at radius 3 is 2.27 bits per heavy atom. The summed E-state index contributed by atoms with van der Waals surface area (Å²) < 4.78 is 29.2. The van der Waals surface area contributed by atoms with Crippen molar-refractivity contribution in [2.45, 2.75) is 4.90 Å². The molecular formula is C12H6Cl3NO5S. The number of hydrogen-bond donors (Lipinski definition) is 0. The van der Waals surface area contributed by atoms with Crippen LogP contribution < -0.4 is 4.18 Å². The third-order valence-electron chi connectivity index (χ3n) is 2.49. The SMILES string of the molecule is O=[N+]([O-])c1ccc(OS(=O)(=O)c2cc(Cl)ccc2Cl)c(Cl)c1. The van der Waals surface area contributed by atoms with Crippen LogP contribution in [0.2, 0.25) is 15.1 Å². The first-order valence-corrected chi connectivity index (χ1v) is 8.08. The summed E-state index contributed by atoms with van der Waals surface area (Å²) >= 11 is 17.3. The molecule has 10 heteroatoms. The van der Waals surface area contributed by atoms with E-state index in [1.165, 1.54) is 12.1 Å². The van der Waals surface area contributed by atoms with Crippen LogP contribution >= 0.6 is 34.8 Å². The predicted molar refractivity (Wildman–Crippen MR) is 82.4 cm³/mol. The molecule has 0 fully saturated rings. The first kappa shape index (κ1) is 16.8. The molecule has 116 valence electrons. The van der Waals surface area contributed by atoms with E-state index in [2.05, 4.69) is 0 Å². The van der Waals surface area contributed by atoms with Crippen LogP contribution in [-0.2, 0) is 10.1 Å². The summed E-state index contributed by atoms with van der Waals surface area (Å²) in [5, 5.41) is 10.5. The van der Waals surface area contributed by atoms with Gasteiger partial charge in [-0.15, -0.1) is 0 Å². The van der Waals surface area contributed by atoms with E-state index in [1.54, 1.807) is 0 Å². The van der Waals surface area contributed by atoms with E-state index in [1.807, 2.05) is 0 Å². The molecule has 2 aromatic rings. The van der Waals surface area contributed by atoms with E-state index >= 15 is 0 Å². The number of non-ortho nitro benzene ring substituents is 1. The molecule has 0 aliphatic carbocycles. The van der Waals surface area contributed by atoms with E-state index in [4.69, 9.17) is 39.0 Å². The maximum absolute atomic E-state index is 12.2. The molecular weight excluding hydrogens is 377 g/mol. The van der Waals surface area contributed by atoms with Crippen LogP contribution in [0, 0.1) is 10.1 Å². The van der Waals surface area contributed by atoms with E-state index in [0.29, 0.717) is 0 Å². The maximum Gasteiger partial charge on any atom is 0.340 e. The van der Waals surface area contributed by atoms with Crippen LogP contribution in [-0.4, -0.2) is 13.3 Å². The van der Waals surface area contributed by atoms with E-state index < -0.39 is 15.0 Å². The van der Waals surface area contributed by atoms with Crippen LogP contribution in [0.4, 0.5) is 5.69 Å². The van der Waals surface area contributed by atoms with Gasteiger partial charge < -0.3 is 4.18 Å². The molecule has 0 saturated heterocycles.